The van der Waals surface area contributed by atoms with E-state index in [9.17, 15) is 4.79 Å². The maximum Gasteiger partial charge on any atom is 0.197 e. The topological polar surface area (TPSA) is 59.5 Å². The predicted molar refractivity (Wildman–Crippen MR) is 99.6 cm³/mol. The summed E-state index contributed by atoms with van der Waals surface area (Å²) in [6.45, 7) is 1.01. The van der Waals surface area contributed by atoms with Crippen LogP contribution in [0.25, 0.3) is 22.2 Å². The smallest absolute Gasteiger partial charge is 0.197 e. The minimum absolute atomic E-state index is 0.00115. The van der Waals surface area contributed by atoms with Crippen LogP contribution < -0.4 is 5.43 Å². The second kappa shape index (κ2) is 6.98. The van der Waals surface area contributed by atoms with Gasteiger partial charge in [0.25, 0.3) is 0 Å². The van der Waals surface area contributed by atoms with Crippen molar-refractivity contribution in [2.45, 2.75) is 13.1 Å². The summed E-state index contributed by atoms with van der Waals surface area (Å²) in [5.41, 5.74) is 3.04. The lowest BCUT2D eigenvalue weighted by molar-refractivity contribution is 0.265. The molecule has 2 aromatic heterocycles. The average Bonchev–Trinajstić information content (AvgIpc) is 3.13. The molecule has 5 nitrogen and oxygen atoms in total. The van der Waals surface area contributed by atoms with E-state index in [1.54, 1.807) is 12.1 Å². The molecule has 0 radical (unpaired) electrons. The highest BCUT2D eigenvalue weighted by atomic mass is 16.5. The lowest BCUT2D eigenvalue weighted by Gasteiger charge is -2.14. The normalized spacial score (nSPS) is 11.3. The van der Waals surface area contributed by atoms with E-state index in [2.05, 4.69) is 5.16 Å². The van der Waals surface area contributed by atoms with Crippen molar-refractivity contribution in [2.75, 3.05) is 7.05 Å². The third-order valence-electron chi connectivity index (χ3n) is 4.25. The molecule has 0 aliphatic carbocycles. The number of para-hydroxylation sites is 1. The monoisotopic (exact) mass is 346 g/mol. The Morgan fingerprint density at radius 1 is 1.00 bits per heavy atom. The van der Waals surface area contributed by atoms with Crippen molar-refractivity contribution in [3.63, 3.8) is 0 Å². The first-order valence-electron chi connectivity index (χ1n) is 8.40. The predicted octanol–water partition coefficient (Wildman–Crippen LogP) is 4.08. The van der Waals surface area contributed by atoms with Gasteiger partial charge < -0.3 is 8.94 Å². The summed E-state index contributed by atoms with van der Waals surface area (Å²) < 4.78 is 11.0. The first-order valence-corrected chi connectivity index (χ1v) is 8.40. The molecule has 0 amide bonds. The zero-order chi connectivity index (χ0) is 17.9. The van der Waals surface area contributed by atoms with E-state index in [0.717, 1.165) is 17.0 Å². The van der Waals surface area contributed by atoms with Gasteiger partial charge in [-0.05, 0) is 19.2 Å². The second-order valence-electron chi connectivity index (χ2n) is 6.30. The summed E-state index contributed by atoms with van der Waals surface area (Å²) in [7, 11) is 1.93. The van der Waals surface area contributed by atoms with Crippen molar-refractivity contribution in [1.29, 1.82) is 0 Å². The van der Waals surface area contributed by atoms with E-state index in [0.29, 0.717) is 29.6 Å². The van der Waals surface area contributed by atoms with Crippen LogP contribution in [0.4, 0.5) is 0 Å². The zero-order valence-corrected chi connectivity index (χ0v) is 14.4. The minimum Gasteiger partial charge on any atom is -0.464 e. The summed E-state index contributed by atoms with van der Waals surface area (Å²) in [5.74, 6) is 0.747. The Morgan fingerprint density at radius 2 is 1.77 bits per heavy atom. The first kappa shape index (κ1) is 16.3. The van der Waals surface area contributed by atoms with Crippen molar-refractivity contribution in [3.8, 4) is 11.3 Å². The van der Waals surface area contributed by atoms with Gasteiger partial charge in [0, 0.05) is 23.7 Å². The largest absolute Gasteiger partial charge is 0.464 e. The van der Waals surface area contributed by atoms with E-state index in [1.165, 1.54) is 6.26 Å². The molecule has 0 unspecified atom stereocenters. The van der Waals surface area contributed by atoms with Gasteiger partial charge >= 0.3 is 0 Å². The van der Waals surface area contributed by atoms with Crippen molar-refractivity contribution < 1.29 is 8.94 Å². The molecule has 0 saturated heterocycles. The molecule has 2 heterocycles. The number of benzene rings is 2. The molecule has 26 heavy (non-hydrogen) atoms. The fraction of sp³-hybridized carbons (Fsp3) is 0.143. The number of fused-ring (bicyclic) bond motifs is 1. The molecule has 0 bridgehead atoms. The highest BCUT2D eigenvalue weighted by Crippen LogP contribution is 2.19. The van der Waals surface area contributed by atoms with Gasteiger partial charge in [0.1, 0.15) is 11.3 Å². The van der Waals surface area contributed by atoms with E-state index in [4.69, 9.17) is 8.94 Å². The lowest BCUT2D eigenvalue weighted by Crippen LogP contribution is -2.21. The standard InChI is InChI=1S/C21H18N2O3/c1-23(12-16-14-25-20-10-6-5-9-18(20)21(16)24)13-17-11-19(22-26-17)15-7-3-2-4-8-15/h2-11,14H,12-13H2,1H3. The minimum atomic E-state index is 0.00115. The molecule has 2 aromatic carbocycles. The molecule has 0 aliphatic heterocycles. The first-order chi connectivity index (χ1) is 12.7. The highest BCUT2D eigenvalue weighted by molar-refractivity contribution is 5.76. The maximum atomic E-state index is 12.6. The summed E-state index contributed by atoms with van der Waals surface area (Å²) in [5, 5.41) is 4.72. The fourth-order valence-corrected chi connectivity index (χ4v) is 2.97. The van der Waals surface area contributed by atoms with Crippen LogP contribution in [-0.4, -0.2) is 17.1 Å². The number of aromatic nitrogens is 1. The summed E-state index contributed by atoms with van der Waals surface area (Å²) in [6, 6.07) is 19.1. The lowest BCUT2D eigenvalue weighted by atomic mass is 10.1. The van der Waals surface area contributed by atoms with Gasteiger partial charge in [0.2, 0.25) is 0 Å². The van der Waals surface area contributed by atoms with Gasteiger partial charge in [-0.1, -0.05) is 47.6 Å². The number of hydrogen-bond acceptors (Lipinski definition) is 5. The van der Waals surface area contributed by atoms with Crippen molar-refractivity contribution >= 4 is 11.0 Å². The second-order valence-corrected chi connectivity index (χ2v) is 6.30. The van der Waals surface area contributed by atoms with Crippen LogP contribution in [-0.2, 0) is 13.1 Å². The number of nitrogens with zero attached hydrogens (tertiary/aromatic N) is 2. The van der Waals surface area contributed by atoms with Gasteiger partial charge in [0.05, 0.1) is 18.2 Å². The molecular weight excluding hydrogens is 328 g/mol. The van der Waals surface area contributed by atoms with Crippen LogP contribution in [0, 0.1) is 0 Å². The molecule has 4 rings (SSSR count). The molecule has 0 atom stereocenters. The van der Waals surface area contributed by atoms with Gasteiger partial charge in [0.15, 0.2) is 11.2 Å². The molecular formula is C21H18N2O3. The van der Waals surface area contributed by atoms with Crippen LogP contribution in [0.3, 0.4) is 0 Å². The SMILES string of the molecule is CN(Cc1cc(-c2ccccc2)no1)Cc1coc2ccccc2c1=O. The van der Waals surface area contributed by atoms with E-state index in [-0.39, 0.29) is 5.43 Å². The molecule has 0 aliphatic rings. The van der Waals surface area contributed by atoms with E-state index < -0.39 is 0 Å². The Hall–Kier alpha value is -3.18. The van der Waals surface area contributed by atoms with Crippen LogP contribution in [0.2, 0.25) is 0 Å². The molecule has 0 saturated carbocycles. The molecule has 0 fully saturated rings. The molecule has 4 aromatic rings. The molecule has 5 heteroatoms. The summed E-state index contributed by atoms with van der Waals surface area (Å²) in [4.78, 5) is 14.6. The Labute approximate surface area is 150 Å². The fourth-order valence-electron chi connectivity index (χ4n) is 2.97. The summed E-state index contributed by atoms with van der Waals surface area (Å²) >= 11 is 0. The van der Waals surface area contributed by atoms with Crippen LogP contribution in [0.1, 0.15) is 11.3 Å². The molecule has 130 valence electrons. The van der Waals surface area contributed by atoms with Crippen molar-refractivity contribution in [3.05, 3.63) is 88.5 Å². The highest BCUT2D eigenvalue weighted by Gasteiger charge is 2.12. The Kier molecular flexibility index (Phi) is 4.37. The maximum absolute atomic E-state index is 12.6. The Morgan fingerprint density at radius 3 is 2.62 bits per heavy atom. The van der Waals surface area contributed by atoms with Crippen LogP contribution >= 0.6 is 0 Å². The van der Waals surface area contributed by atoms with Crippen LogP contribution in [0.15, 0.2) is 80.7 Å². The van der Waals surface area contributed by atoms with Crippen LogP contribution in [0.5, 0.6) is 0 Å². The third kappa shape index (κ3) is 3.30. The van der Waals surface area contributed by atoms with Crippen molar-refractivity contribution in [1.82, 2.24) is 10.1 Å². The van der Waals surface area contributed by atoms with E-state index in [1.807, 2.05) is 60.5 Å². The van der Waals surface area contributed by atoms with Crippen molar-refractivity contribution in [2.24, 2.45) is 0 Å². The summed E-state index contributed by atoms with van der Waals surface area (Å²) in [6.07, 6.45) is 1.54. The van der Waals surface area contributed by atoms with Gasteiger partial charge in [-0.3, -0.25) is 9.69 Å². The quantitative estimate of drug-likeness (QED) is 0.545. The third-order valence-corrected chi connectivity index (χ3v) is 4.25. The van der Waals surface area contributed by atoms with Gasteiger partial charge in [-0.15, -0.1) is 0 Å². The molecule has 0 N–H and O–H groups in total. The number of hydrogen-bond donors (Lipinski definition) is 0. The van der Waals surface area contributed by atoms with Gasteiger partial charge in [-0.2, -0.15) is 0 Å². The molecule has 0 spiro atoms. The zero-order valence-electron chi connectivity index (χ0n) is 14.4. The number of rotatable bonds is 5. The Balaban J connectivity index is 1.49. The van der Waals surface area contributed by atoms with Gasteiger partial charge in [-0.25, -0.2) is 0 Å². The average molecular weight is 346 g/mol. The van der Waals surface area contributed by atoms with E-state index >= 15 is 0 Å². The Bertz CT molecular complexity index is 1080.